The molecule has 0 saturated carbocycles. The number of carbonyl (C=O) groups is 1. The summed E-state index contributed by atoms with van der Waals surface area (Å²) in [6, 6.07) is 6.41. The van der Waals surface area contributed by atoms with Gasteiger partial charge in [-0.25, -0.2) is 0 Å². The van der Waals surface area contributed by atoms with Crippen LogP contribution in [0.15, 0.2) is 24.3 Å². The van der Waals surface area contributed by atoms with Gasteiger partial charge in [0.15, 0.2) is 0 Å². The lowest BCUT2D eigenvalue weighted by Crippen LogP contribution is -2.03. The summed E-state index contributed by atoms with van der Waals surface area (Å²) < 4.78 is 4.54. The number of carbonyl (C=O) groups excluding carboxylic acids is 1. The fourth-order valence-electron chi connectivity index (χ4n) is 1.64. The summed E-state index contributed by atoms with van der Waals surface area (Å²) in [7, 11) is 1.38. The van der Waals surface area contributed by atoms with Crippen LogP contribution < -0.4 is 5.32 Å². The molecule has 1 aromatic rings. The molecule has 0 aliphatic rings. The van der Waals surface area contributed by atoms with Gasteiger partial charge >= 0.3 is 5.97 Å². The minimum Gasteiger partial charge on any atom is -0.469 e. The molecule has 0 saturated heterocycles. The number of hydrogen-bond donors (Lipinski definition) is 1. The van der Waals surface area contributed by atoms with Crippen LogP contribution in [0.2, 0.25) is 0 Å². The summed E-state index contributed by atoms with van der Waals surface area (Å²) in [5, 5.41) is 13.7. The van der Waals surface area contributed by atoms with Crippen molar-refractivity contribution < 1.29 is 14.5 Å². The Morgan fingerprint density at radius 1 is 1.37 bits per heavy atom. The maximum absolute atomic E-state index is 10.9. The molecule has 0 atom stereocenters. The first-order valence-electron chi connectivity index (χ1n) is 6.18. The van der Waals surface area contributed by atoms with Gasteiger partial charge in [-0.1, -0.05) is 12.5 Å². The van der Waals surface area contributed by atoms with Crippen molar-refractivity contribution in [2.45, 2.75) is 25.7 Å². The van der Waals surface area contributed by atoms with Gasteiger partial charge in [0.2, 0.25) is 0 Å². The van der Waals surface area contributed by atoms with E-state index in [0.29, 0.717) is 6.42 Å². The Labute approximate surface area is 111 Å². The van der Waals surface area contributed by atoms with Crippen molar-refractivity contribution in [3.05, 3.63) is 34.4 Å². The highest BCUT2D eigenvalue weighted by molar-refractivity contribution is 5.68. The molecule has 0 radical (unpaired) electrons. The second kappa shape index (κ2) is 8.07. The average Bonchev–Trinajstić information content (AvgIpc) is 2.42. The van der Waals surface area contributed by atoms with Crippen LogP contribution in [0.4, 0.5) is 11.4 Å². The molecule has 1 rings (SSSR count). The normalized spacial score (nSPS) is 9.95. The number of hydrogen-bond acceptors (Lipinski definition) is 5. The van der Waals surface area contributed by atoms with Gasteiger partial charge in [-0.2, -0.15) is 0 Å². The van der Waals surface area contributed by atoms with Crippen molar-refractivity contribution in [2.24, 2.45) is 0 Å². The maximum Gasteiger partial charge on any atom is 0.305 e. The minimum absolute atomic E-state index is 0.0793. The number of nitro groups is 1. The zero-order valence-corrected chi connectivity index (χ0v) is 10.9. The van der Waals surface area contributed by atoms with Crippen LogP contribution >= 0.6 is 0 Å². The molecule has 6 heteroatoms. The van der Waals surface area contributed by atoms with E-state index in [1.807, 2.05) is 0 Å². The molecule has 0 bridgehead atoms. The monoisotopic (exact) mass is 266 g/mol. The van der Waals surface area contributed by atoms with Crippen LogP contribution in [0.5, 0.6) is 0 Å². The molecular formula is C13H18N2O4. The maximum atomic E-state index is 10.9. The Kier molecular flexibility index (Phi) is 6.35. The number of ether oxygens (including phenoxy) is 1. The highest BCUT2D eigenvalue weighted by atomic mass is 16.6. The number of methoxy groups -OCH3 is 1. The molecule has 104 valence electrons. The summed E-state index contributed by atoms with van der Waals surface area (Å²) in [6.07, 6.45) is 3.05. The van der Waals surface area contributed by atoms with Crippen molar-refractivity contribution in [1.29, 1.82) is 0 Å². The number of non-ortho nitro benzene ring substituents is 1. The van der Waals surface area contributed by atoms with Crippen molar-refractivity contribution >= 4 is 17.3 Å². The third-order valence-electron chi connectivity index (χ3n) is 2.67. The zero-order valence-electron chi connectivity index (χ0n) is 10.9. The standard InChI is InChI=1S/C13H18N2O4/c1-19-13(16)8-3-2-4-9-14-11-6-5-7-12(10-11)15(17)18/h5-7,10,14H,2-4,8-9H2,1H3. The van der Waals surface area contributed by atoms with Gasteiger partial charge in [0.05, 0.1) is 12.0 Å². The first kappa shape index (κ1) is 14.9. The van der Waals surface area contributed by atoms with E-state index in [9.17, 15) is 14.9 Å². The van der Waals surface area contributed by atoms with Gasteiger partial charge in [0.1, 0.15) is 0 Å². The molecule has 19 heavy (non-hydrogen) atoms. The van der Waals surface area contributed by atoms with Crippen LogP contribution in [0.1, 0.15) is 25.7 Å². The van der Waals surface area contributed by atoms with Crippen LogP contribution in [-0.4, -0.2) is 24.5 Å². The van der Waals surface area contributed by atoms with Crippen LogP contribution in [0, 0.1) is 10.1 Å². The van der Waals surface area contributed by atoms with E-state index in [4.69, 9.17) is 0 Å². The second-order valence-corrected chi connectivity index (χ2v) is 4.12. The molecule has 1 aromatic carbocycles. The van der Waals surface area contributed by atoms with Crippen molar-refractivity contribution in [1.82, 2.24) is 0 Å². The predicted octanol–water partition coefficient (Wildman–Crippen LogP) is 2.74. The van der Waals surface area contributed by atoms with Gasteiger partial charge in [0.25, 0.3) is 5.69 Å². The SMILES string of the molecule is COC(=O)CCCCCNc1cccc([N+](=O)[O-])c1. The minimum atomic E-state index is -0.415. The highest BCUT2D eigenvalue weighted by Crippen LogP contribution is 2.17. The molecule has 0 aliphatic heterocycles. The van der Waals surface area contributed by atoms with E-state index < -0.39 is 4.92 Å². The van der Waals surface area contributed by atoms with Gasteiger partial charge < -0.3 is 10.1 Å². The lowest BCUT2D eigenvalue weighted by molar-refractivity contribution is -0.384. The Morgan fingerprint density at radius 2 is 2.16 bits per heavy atom. The van der Waals surface area contributed by atoms with Crippen molar-refractivity contribution in [3.63, 3.8) is 0 Å². The zero-order chi connectivity index (χ0) is 14.1. The Bertz CT molecular complexity index is 434. The van der Waals surface area contributed by atoms with Crippen LogP contribution in [-0.2, 0) is 9.53 Å². The predicted molar refractivity (Wildman–Crippen MR) is 72.1 cm³/mol. The molecule has 0 fully saturated rings. The largest absolute Gasteiger partial charge is 0.469 e. The molecule has 0 aliphatic carbocycles. The van der Waals surface area contributed by atoms with Gasteiger partial charge in [-0.05, 0) is 18.9 Å². The molecule has 0 heterocycles. The molecular weight excluding hydrogens is 248 g/mol. The average molecular weight is 266 g/mol. The van der Waals surface area contributed by atoms with Crippen molar-refractivity contribution in [3.8, 4) is 0 Å². The number of benzene rings is 1. The number of nitrogens with one attached hydrogen (secondary N) is 1. The number of rotatable bonds is 8. The Balaban J connectivity index is 2.21. The summed E-state index contributed by atoms with van der Waals surface area (Å²) in [5.41, 5.74) is 0.817. The van der Waals surface area contributed by atoms with E-state index in [2.05, 4.69) is 10.1 Å². The number of anilines is 1. The third-order valence-corrected chi connectivity index (χ3v) is 2.67. The van der Waals surface area contributed by atoms with Gasteiger partial charge in [-0.15, -0.1) is 0 Å². The molecule has 0 amide bonds. The molecule has 0 unspecified atom stereocenters. The first-order chi connectivity index (χ1) is 9.13. The van der Waals surface area contributed by atoms with E-state index in [0.717, 1.165) is 31.5 Å². The molecule has 6 nitrogen and oxygen atoms in total. The van der Waals surface area contributed by atoms with Crippen molar-refractivity contribution in [2.75, 3.05) is 19.0 Å². The summed E-state index contributed by atoms with van der Waals surface area (Å²) >= 11 is 0. The summed E-state index contributed by atoms with van der Waals surface area (Å²) in [5.74, 6) is -0.188. The Morgan fingerprint density at radius 3 is 2.84 bits per heavy atom. The lowest BCUT2D eigenvalue weighted by atomic mass is 10.2. The smallest absolute Gasteiger partial charge is 0.305 e. The fraction of sp³-hybridized carbons (Fsp3) is 0.462. The highest BCUT2D eigenvalue weighted by Gasteiger charge is 2.05. The van der Waals surface area contributed by atoms with E-state index in [-0.39, 0.29) is 11.7 Å². The number of unbranched alkanes of at least 4 members (excludes halogenated alkanes) is 2. The van der Waals surface area contributed by atoms with E-state index >= 15 is 0 Å². The van der Waals surface area contributed by atoms with E-state index in [1.165, 1.54) is 19.2 Å². The third kappa shape index (κ3) is 5.85. The van der Waals surface area contributed by atoms with Gasteiger partial charge in [0, 0.05) is 30.8 Å². The lowest BCUT2D eigenvalue weighted by Gasteiger charge is -2.05. The number of nitro benzene ring substituents is 1. The molecule has 1 N–H and O–H groups in total. The van der Waals surface area contributed by atoms with Crippen LogP contribution in [0.25, 0.3) is 0 Å². The summed E-state index contributed by atoms with van der Waals surface area (Å²) in [6.45, 7) is 0.725. The first-order valence-corrected chi connectivity index (χ1v) is 6.18. The molecule has 0 aromatic heterocycles. The summed E-state index contributed by atoms with van der Waals surface area (Å²) in [4.78, 5) is 21.0. The number of nitrogens with zero attached hydrogens (tertiary/aromatic N) is 1. The molecule has 0 spiro atoms. The number of esters is 1. The fourth-order valence-corrected chi connectivity index (χ4v) is 1.64. The topological polar surface area (TPSA) is 81.5 Å². The van der Waals surface area contributed by atoms with Crippen LogP contribution in [0.3, 0.4) is 0 Å². The second-order valence-electron chi connectivity index (χ2n) is 4.12. The van der Waals surface area contributed by atoms with E-state index in [1.54, 1.807) is 12.1 Å². The van der Waals surface area contributed by atoms with Gasteiger partial charge in [-0.3, -0.25) is 14.9 Å². The quantitative estimate of drug-likeness (QED) is 0.338. The Hall–Kier alpha value is -2.11.